The predicted octanol–water partition coefficient (Wildman–Crippen LogP) is 1.55. The van der Waals surface area contributed by atoms with Crippen molar-refractivity contribution in [1.82, 2.24) is 10.2 Å². The summed E-state index contributed by atoms with van der Waals surface area (Å²) < 4.78 is 21.1. The second-order valence-corrected chi connectivity index (χ2v) is 7.13. The number of carbonyl (C=O) groups is 3. The highest BCUT2D eigenvalue weighted by molar-refractivity contribution is 6.10. The predicted molar refractivity (Wildman–Crippen MR) is 101 cm³/mol. The maximum Gasteiger partial charge on any atom is 0.325 e. The van der Waals surface area contributed by atoms with Gasteiger partial charge in [0, 0.05) is 11.8 Å². The number of fused-ring (bicyclic) bond motifs is 2. The Morgan fingerprint density at radius 1 is 1.00 bits per heavy atom. The van der Waals surface area contributed by atoms with Crippen LogP contribution in [0, 0.1) is 0 Å². The minimum absolute atomic E-state index is 0.0992. The molecule has 154 valence electrons. The summed E-state index contributed by atoms with van der Waals surface area (Å²) in [5, 5.41) is 5.32. The Kier molecular flexibility index (Phi) is 3.95. The first-order chi connectivity index (χ1) is 14.4. The van der Waals surface area contributed by atoms with E-state index in [1.807, 2.05) is 0 Å². The molecule has 1 saturated heterocycles. The normalized spacial score (nSPS) is 21.0. The summed E-state index contributed by atoms with van der Waals surface area (Å²) in [6.45, 7) is 1.37. The van der Waals surface area contributed by atoms with Crippen molar-refractivity contribution in [3.63, 3.8) is 0 Å². The molecule has 30 heavy (non-hydrogen) atoms. The van der Waals surface area contributed by atoms with Crippen LogP contribution in [0.1, 0.15) is 12.5 Å². The molecule has 4 amide bonds. The lowest BCUT2D eigenvalue weighted by atomic mass is 9.91. The van der Waals surface area contributed by atoms with E-state index in [9.17, 15) is 14.4 Å². The number of urea groups is 1. The molecule has 0 radical (unpaired) electrons. The van der Waals surface area contributed by atoms with E-state index in [0.717, 1.165) is 4.90 Å². The molecule has 0 bridgehead atoms. The maximum absolute atomic E-state index is 13.0. The van der Waals surface area contributed by atoms with Gasteiger partial charge >= 0.3 is 6.03 Å². The van der Waals surface area contributed by atoms with Crippen molar-refractivity contribution in [3.8, 4) is 23.0 Å². The Bertz CT molecular complexity index is 1090. The SMILES string of the molecule is C[C@]1(c2ccc3c(c2)OCO3)NC(=O)N(CC(=O)Nc2ccc3c(c2)OCO3)C1=O. The Balaban J connectivity index is 1.31. The summed E-state index contributed by atoms with van der Waals surface area (Å²) in [5.41, 5.74) is -0.324. The van der Waals surface area contributed by atoms with E-state index in [0.29, 0.717) is 34.2 Å². The Morgan fingerprint density at radius 2 is 1.63 bits per heavy atom. The Labute approximate surface area is 170 Å². The lowest BCUT2D eigenvalue weighted by Crippen LogP contribution is -2.42. The molecule has 2 aromatic rings. The van der Waals surface area contributed by atoms with Crippen LogP contribution in [0.25, 0.3) is 0 Å². The number of benzene rings is 2. The number of hydrogen-bond donors (Lipinski definition) is 2. The van der Waals surface area contributed by atoms with Gasteiger partial charge in [0.05, 0.1) is 0 Å². The molecule has 10 nitrogen and oxygen atoms in total. The Morgan fingerprint density at radius 3 is 2.37 bits per heavy atom. The zero-order valence-electron chi connectivity index (χ0n) is 15.9. The van der Waals surface area contributed by atoms with Crippen LogP contribution >= 0.6 is 0 Å². The van der Waals surface area contributed by atoms with Crippen molar-refractivity contribution in [1.29, 1.82) is 0 Å². The number of ether oxygens (including phenoxy) is 4. The third-order valence-corrected chi connectivity index (χ3v) is 5.18. The van der Waals surface area contributed by atoms with Crippen molar-refractivity contribution >= 4 is 23.5 Å². The van der Waals surface area contributed by atoms with Gasteiger partial charge in [0.1, 0.15) is 12.1 Å². The van der Waals surface area contributed by atoms with Gasteiger partial charge in [-0.15, -0.1) is 0 Å². The summed E-state index contributed by atoms with van der Waals surface area (Å²) >= 11 is 0. The first-order valence-electron chi connectivity index (χ1n) is 9.18. The lowest BCUT2D eigenvalue weighted by molar-refractivity contribution is -0.133. The van der Waals surface area contributed by atoms with Crippen LogP contribution in [0.5, 0.6) is 23.0 Å². The van der Waals surface area contributed by atoms with Crippen LogP contribution in [0.4, 0.5) is 10.5 Å². The van der Waals surface area contributed by atoms with E-state index in [1.54, 1.807) is 43.3 Å². The number of amides is 4. The Hall–Kier alpha value is -3.95. The molecule has 1 fully saturated rings. The van der Waals surface area contributed by atoms with Gasteiger partial charge in [-0.05, 0) is 36.8 Å². The van der Waals surface area contributed by atoms with Gasteiger partial charge in [0.25, 0.3) is 5.91 Å². The van der Waals surface area contributed by atoms with Crippen molar-refractivity contribution in [2.75, 3.05) is 25.4 Å². The van der Waals surface area contributed by atoms with E-state index < -0.39 is 29.9 Å². The molecule has 2 aromatic carbocycles. The summed E-state index contributed by atoms with van der Waals surface area (Å²) in [7, 11) is 0. The fourth-order valence-corrected chi connectivity index (χ4v) is 3.56. The first-order valence-corrected chi connectivity index (χ1v) is 9.18. The van der Waals surface area contributed by atoms with Gasteiger partial charge in [-0.1, -0.05) is 6.07 Å². The molecular formula is C20H17N3O7. The van der Waals surface area contributed by atoms with E-state index in [2.05, 4.69) is 10.6 Å². The van der Waals surface area contributed by atoms with Crippen molar-refractivity contribution in [3.05, 3.63) is 42.0 Å². The van der Waals surface area contributed by atoms with Gasteiger partial charge in [-0.3, -0.25) is 14.5 Å². The van der Waals surface area contributed by atoms with Gasteiger partial charge in [-0.25, -0.2) is 4.79 Å². The zero-order valence-corrected chi connectivity index (χ0v) is 15.9. The minimum atomic E-state index is -1.32. The van der Waals surface area contributed by atoms with Crippen molar-refractivity contribution < 1.29 is 33.3 Å². The molecule has 0 saturated carbocycles. The molecule has 0 spiro atoms. The molecule has 3 aliphatic rings. The summed E-state index contributed by atoms with van der Waals surface area (Å²) in [6.07, 6.45) is 0. The number of rotatable bonds is 4. The molecule has 3 aliphatic heterocycles. The average Bonchev–Trinajstić information content (AvgIpc) is 3.43. The highest BCUT2D eigenvalue weighted by Gasteiger charge is 2.49. The smallest absolute Gasteiger partial charge is 0.325 e. The molecule has 0 aliphatic carbocycles. The van der Waals surface area contributed by atoms with Crippen LogP contribution in [-0.4, -0.2) is 42.9 Å². The lowest BCUT2D eigenvalue weighted by Gasteiger charge is -2.22. The summed E-state index contributed by atoms with van der Waals surface area (Å²) in [4.78, 5) is 38.9. The molecule has 0 unspecified atom stereocenters. The molecule has 10 heteroatoms. The standard InChI is InChI=1S/C20H17N3O7/c1-20(11-2-4-13-15(6-11)29-9-27-13)18(25)23(19(26)22-20)8-17(24)21-12-3-5-14-16(7-12)30-10-28-14/h2-7H,8-10H2,1H3,(H,21,24)(H,22,26)/t20-/m1/s1. The average molecular weight is 411 g/mol. The van der Waals surface area contributed by atoms with E-state index in [-0.39, 0.29) is 13.6 Å². The van der Waals surface area contributed by atoms with Gasteiger partial charge < -0.3 is 29.6 Å². The second-order valence-electron chi connectivity index (χ2n) is 7.13. The quantitative estimate of drug-likeness (QED) is 0.734. The van der Waals surface area contributed by atoms with Crippen LogP contribution in [0.2, 0.25) is 0 Å². The van der Waals surface area contributed by atoms with Crippen molar-refractivity contribution in [2.24, 2.45) is 0 Å². The third-order valence-electron chi connectivity index (χ3n) is 5.18. The van der Waals surface area contributed by atoms with Crippen molar-refractivity contribution in [2.45, 2.75) is 12.5 Å². The van der Waals surface area contributed by atoms with Crippen LogP contribution in [0.15, 0.2) is 36.4 Å². The van der Waals surface area contributed by atoms with E-state index in [1.165, 1.54) is 0 Å². The highest BCUT2D eigenvalue weighted by Crippen LogP contribution is 2.38. The van der Waals surface area contributed by atoms with Crippen LogP contribution in [0.3, 0.4) is 0 Å². The zero-order chi connectivity index (χ0) is 20.9. The van der Waals surface area contributed by atoms with E-state index in [4.69, 9.17) is 18.9 Å². The molecule has 5 rings (SSSR count). The van der Waals surface area contributed by atoms with E-state index >= 15 is 0 Å². The minimum Gasteiger partial charge on any atom is -0.454 e. The first kappa shape index (κ1) is 18.1. The fourth-order valence-electron chi connectivity index (χ4n) is 3.56. The summed E-state index contributed by atoms with van der Waals surface area (Å²) in [5.74, 6) is 1.10. The third kappa shape index (κ3) is 2.84. The molecule has 3 heterocycles. The van der Waals surface area contributed by atoms with Gasteiger partial charge in [0.2, 0.25) is 19.5 Å². The fraction of sp³-hybridized carbons (Fsp3) is 0.250. The number of anilines is 1. The monoisotopic (exact) mass is 411 g/mol. The number of nitrogens with zero attached hydrogens (tertiary/aromatic N) is 1. The van der Waals surface area contributed by atoms with Crippen LogP contribution < -0.4 is 29.6 Å². The van der Waals surface area contributed by atoms with Crippen LogP contribution in [-0.2, 0) is 15.1 Å². The largest absolute Gasteiger partial charge is 0.454 e. The molecule has 1 atom stereocenters. The van der Waals surface area contributed by atoms with Gasteiger partial charge in [-0.2, -0.15) is 0 Å². The molecule has 2 N–H and O–H groups in total. The summed E-state index contributed by atoms with van der Waals surface area (Å²) in [6, 6.07) is 9.29. The molecule has 0 aromatic heterocycles. The second kappa shape index (κ2) is 6.55. The molecular weight excluding hydrogens is 394 g/mol. The topological polar surface area (TPSA) is 115 Å². The number of hydrogen-bond acceptors (Lipinski definition) is 7. The number of carbonyl (C=O) groups excluding carboxylic acids is 3. The highest BCUT2D eigenvalue weighted by atomic mass is 16.7. The maximum atomic E-state index is 13.0. The van der Waals surface area contributed by atoms with Gasteiger partial charge in [0.15, 0.2) is 23.0 Å². The number of imide groups is 1. The number of nitrogens with one attached hydrogen (secondary N) is 2.